The highest BCUT2D eigenvalue weighted by Crippen LogP contribution is 2.40. The van der Waals surface area contributed by atoms with Crippen molar-refractivity contribution in [2.24, 2.45) is 11.8 Å². The minimum Gasteiger partial charge on any atom is -0.481 e. The van der Waals surface area contributed by atoms with Crippen molar-refractivity contribution >= 4 is 17.8 Å². The smallest absolute Gasteiger partial charge is 0.416 e. The number of halogens is 6. The number of carboxylic acid groups (broad SMARTS) is 1. The van der Waals surface area contributed by atoms with E-state index in [0.717, 1.165) is 12.1 Å². The Morgan fingerprint density at radius 1 is 0.878 bits per heavy atom. The molecule has 1 unspecified atom stereocenters. The summed E-state index contributed by atoms with van der Waals surface area (Å²) in [5, 5.41) is 15.8. The lowest BCUT2D eigenvalue weighted by molar-refractivity contribution is -0.145. The first kappa shape index (κ1) is 36.1. The van der Waals surface area contributed by atoms with E-state index in [1.54, 1.807) is 17.3 Å². The van der Waals surface area contributed by atoms with Gasteiger partial charge in [-0.15, -0.1) is 0 Å². The van der Waals surface area contributed by atoms with Crippen LogP contribution in [-0.4, -0.2) is 60.2 Å². The number of aliphatic carboxylic acids is 1. The summed E-state index contributed by atoms with van der Waals surface area (Å²) >= 11 is 0. The van der Waals surface area contributed by atoms with E-state index < -0.39 is 35.5 Å². The van der Waals surface area contributed by atoms with E-state index in [-0.39, 0.29) is 60.4 Å². The second kappa shape index (κ2) is 14.8. The first-order chi connectivity index (χ1) is 23.2. The molecule has 9 nitrogen and oxygen atoms in total. The maximum absolute atomic E-state index is 14.0. The van der Waals surface area contributed by atoms with Gasteiger partial charge in [-0.1, -0.05) is 13.8 Å². The fourth-order valence-electron chi connectivity index (χ4n) is 7.36. The van der Waals surface area contributed by atoms with Crippen molar-refractivity contribution in [1.82, 2.24) is 25.1 Å². The maximum atomic E-state index is 14.0. The molecule has 1 aromatic carbocycles. The van der Waals surface area contributed by atoms with Gasteiger partial charge in [0.15, 0.2) is 0 Å². The molecule has 1 saturated carbocycles. The van der Waals surface area contributed by atoms with Gasteiger partial charge in [0.05, 0.1) is 17.3 Å². The Labute approximate surface area is 280 Å². The summed E-state index contributed by atoms with van der Waals surface area (Å²) in [7, 11) is 0. The predicted octanol–water partition coefficient (Wildman–Crippen LogP) is 7.74. The van der Waals surface area contributed by atoms with Crippen LogP contribution >= 0.6 is 0 Å². The van der Waals surface area contributed by atoms with E-state index in [1.165, 1.54) is 12.4 Å². The fourth-order valence-corrected chi connectivity index (χ4v) is 7.36. The average Bonchev–Trinajstić information content (AvgIpc) is 3.61. The quantitative estimate of drug-likeness (QED) is 0.209. The Kier molecular flexibility index (Phi) is 10.9. The number of likely N-dealkylation sites (tertiary alicyclic amines) is 1. The van der Waals surface area contributed by atoms with Gasteiger partial charge in [0.1, 0.15) is 0 Å². The molecular formula is C34H40F6N6O3. The van der Waals surface area contributed by atoms with Crippen molar-refractivity contribution in [1.29, 1.82) is 0 Å². The zero-order valence-corrected chi connectivity index (χ0v) is 27.3. The molecule has 3 heterocycles. The van der Waals surface area contributed by atoms with Crippen molar-refractivity contribution < 1.29 is 41.0 Å². The number of carbonyl (C=O) groups is 2. The molecule has 1 aliphatic carbocycles. The molecule has 0 spiro atoms. The Hall–Kier alpha value is -4.17. The molecule has 2 aliphatic rings. The molecule has 1 aliphatic heterocycles. The lowest BCUT2D eigenvalue weighted by Crippen LogP contribution is -2.58. The number of rotatable bonds is 10. The largest absolute Gasteiger partial charge is 0.481 e. The van der Waals surface area contributed by atoms with Crippen molar-refractivity contribution in [3.05, 3.63) is 59.7 Å². The number of aromatic nitrogens is 4. The summed E-state index contributed by atoms with van der Waals surface area (Å²) < 4.78 is 82.8. The number of carbonyl (C=O) groups excluding carboxylic acids is 1. The first-order valence-electron chi connectivity index (χ1n) is 16.6. The summed E-state index contributed by atoms with van der Waals surface area (Å²) in [6, 6.07) is 0.685. The Bertz CT molecular complexity index is 1530. The van der Waals surface area contributed by atoms with Crippen LogP contribution in [0.5, 0.6) is 0 Å². The van der Waals surface area contributed by atoms with Gasteiger partial charge in [0, 0.05) is 66.7 Å². The van der Waals surface area contributed by atoms with Crippen LogP contribution in [0.2, 0.25) is 0 Å². The maximum Gasteiger partial charge on any atom is 0.416 e. The van der Waals surface area contributed by atoms with Crippen molar-refractivity contribution in [3.63, 3.8) is 0 Å². The average molecular weight is 695 g/mol. The topological polar surface area (TPSA) is 115 Å². The zero-order valence-electron chi connectivity index (χ0n) is 27.3. The molecule has 2 N–H and O–H groups in total. The van der Waals surface area contributed by atoms with Gasteiger partial charge in [-0.3, -0.25) is 14.7 Å². The summed E-state index contributed by atoms with van der Waals surface area (Å²) in [6.07, 6.45) is 0.858. The lowest BCUT2D eigenvalue weighted by atomic mass is 9.78. The van der Waals surface area contributed by atoms with E-state index in [9.17, 15) is 41.0 Å². The highest BCUT2D eigenvalue weighted by Gasteiger charge is 2.43. The molecule has 1 saturated heterocycles. The van der Waals surface area contributed by atoms with E-state index in [0.29, 0.717) is 62.5 Å². The number of piperidine rings is 1. The van der Waals surface area contributed by atoms with E-state index in [2.05, 4.69) is 20.2 Å². The first-order valence-corrected chi connectivity index (χ1v) is 16.6. The van der Waals surface area contributed by atoms with Crippen LogP contribution in [0.25, 0.3) is 11.1 Å². The highest BCUT2D eigenvalue weighted by atomic mass is 19.4. The number of hydrogen-bond acceptors (Lipinski definition) is 6. The molecule has 2 aromatic heterocycles. The standard InChI is InChI=1S/C34H40F6N6O3/c1-3-27-13-29(14-28(4-2)46(27)31(49)22-7-5-20(6-8-22)11-30(47)48)45(32-41-15-23(16-42-32)24-17-43-44-18-24)19-21-9-25(33(35,36)37)12-26(10-21)34(38,39)40/h9-10,12,15-18,20,22,27-29H,3-8,11,13-14,19H2,1-2H3,(H,43,44)(H,47,48)/t20?,22?,27-,28+,29?. The summed E-state index contributed by atoms with van der Waals surface area (Å²) in [4.78, 5) is 37.8. The van der Waals surface area contributed by atoms with Gasteiger partial charge in [0.2, 0.25) is 11.9 Å². The number of amides is 1. The SMILES string of the molecule is CC[C@@H]1CC(N(Cc2cc(C(F)(F)F)cc(C(F)(F)F)c2)c2ncc(-c3cn[nH]c3)cn2)C[C@H](CC)N1C(=O)C1CCC(CC(=O)O)CC1. The number of hydrogen-bond donors (Lipinski definition) is 2. The number of benzene rings is 1. The summed E-state index contributed by atoms with van der Waals surface area (Å²) in [6.45, 7) is 3.58. The van der Waals surface area contributed by atoms with Crippen LogP contribution in [0.3, 0.4) is 0 Å². The minimum atomic E-state index is -5.00. The third-order valence-corrected chi connectivity index (χ3v) is 9.90. The zero-order chi connectivity index (χ0) is 35.5. The molecule has 0 bridgehead atoms. The number of H-pyrrole nitrogens is 1. The normalized spacial score (nSPS) is 23.3. The third kappa shape index (κ3) is 8.53. The third-order valence-electron chi connectivity index (χ3n) is 9.90. The number of aromatic amines is 1. The van der Waals surface area contributed by atoms with Gasteiger partial charge in [-0.25, -0.2) is 9.97 Å². The number of carboxylic acids is 1. The molecular weight excluding hydrogens is 654 g/mol. The number of alkyl halides is 6. The van der Waals surface area contributed by atoms with Crippen LogP contribution in [0.1, 0.15) is 88.3 Å². The molecule has 15 heteroatoms. The van der Waals surface area contributed by atoms with Crippen molar-refractivity contribution in [2.75, 3.05) is 4.90 Å². The number of anilines is 1. The van der Waals surface area contributed by atoms with Crippen LogP contribution in [0.15, 0.2) is 43.0 Å². The van der Waals surface area contributed by atoms with Crippen LogP contribution in [0.4, 0.5) is 32.3 Å². The Morgan fingerprint density at radius 2 is 1.45 bits per heavy atom. The van der Waals surface area contributed by atoms with Crippen LogP contribution in [-0.2, 0) is 28.5 Å². The van der Waals surface area contributed by atoms with Gasteiger partial charge >= 0.3 is 18.3 Å². The number of nitrogens with zero attached hydrogens (tertiary/aromatic N) is 5. The fraction of sp³-hybridized carbons (Fsp3) is 0.559. The lowest BCUT2D eigenvalue weighted by Gasteiger charge is -2.49. The second-order valence-electron chi connectivity index (χ2n) is 13.1. The molecule has 3 aromatic rings. The molecule has 5 rings (SSSR count). The second-order valence-corrected chi connectivity index (χ2v) is 13.1. The van der Waals surface area contributed by atoms with Gasteiger partial charge in [0.25, 0.3) is 0 Å². The molecule has 2 fully saturated rings. The summed E-state index contributed by atoms with van der Waals surface area (Å²) in [5.41, 5.74) is -1.67. The van der Waals surface area contributed by atoms with Gasteiger partial charge in [-0.2, -0.15) is 31.4 Å². The minimum absolute atomic E-state index is 0.0193. The van der Waals surface area contributed by atoms with Crippen LogP contribution in [0, 0.1) is 11.8 Å². The molecule has 266 valence electrons. The van der Waals surface area contributed by atoms with Crippen molar-refractivity contribution in [3.8, 4) is 11.1 Å². The van der Waals surface area contributed by atoms with Crippen LogP contribution < -0.4 is 4.90 Å². The number of nitrogens with one attached hydrogen (secondary N) is 1. The van der Waals surface area contributed by atoms with E-state index in [4.69, 9.17) is 0 Å². The summed E-state index contributed by atoms with van der Waals surface area (Å²) in [5.74, 6) is -0.877. The molecule has 3 atom stereocenters. The van der Waals surface area contributed by atoms with E-state index in [1.807, 2.05) is 18.7 Å². The molecule has 49 heavy (non-hydrogen) atoms. The van der Waals surface area contributed by atoms with Crippen molar-refractivity contribution in [2.45, 2.75) is 109 Å². The monoisotopic (exact) mass is 694 g/mol. The predicted molar refractivity (Wildman–Crippen MR) is 168 cm³/mol. The molecule has 0 radical (unpaired) electrons. The molecule has 1 amide bonds. The van der Waals surface area contributed by atoms with Gasteiger partial charge in [-0.05, 0) is 81.0 Å². The van der Waals surface area contributed by atoms with Gasteiger partial charge < -0.3 is 14.9 Å². The highest BCUT2D eigenvalue weighted by molar-refractivity contribution is 5.80. The Balaban J connectivity index is 1.46. The Morgan fingerprint density at radius 3 is 1.92 bits per heavy atom. The van der Waals surface area contributed by atoms with E-state index >= 15 is 0 Å².